The number of H-pyrrole nitrogens is 1. The fourth-order valence-corrected chi connectivity index (χ4v) is 2.76. The summed E-state index contributed by atoms with van der Waals surface area (Å²) in [5.41, 5.74) is -0.453. The Kier molecular flexibility index (Phi) is 5.67. The number of rotatable bonds is 4. The summed E-state index contributed by atoms with van der Waals surface area (Å²) in [5.74, 6) is -3.19. The maximum Gasteiger partial charge on any atom is 0.471 e. The zero-order valence-electron chi connectivity index (χ0n) is 14.1. The van der Waals surface area contributed by atoms with E-state index in [-0.39, 0.29) is 22.0 Å². The van der Waals surface area contributed by atoms with Gasteiger partial charge in [0.15, 0.2) is 5.82 Å². The van der Waals surface area contributed by atoms with Gasteiger partial charge in [-0.3, -0.25) is 9.78 Å². The first-order chi connectivity index (χ1) is 13.6. The van der Waals surface area contributed by atoms with Gasteiger partial charge in [-0.15, -0.1) is 5.10 Å². The predicted octanol–water partition coefficient (Wildman–Crippen LogP) is 3.85. The highest BCUT2D eigenvalue weighted by Gasteiger charge is 2.38. The Morgan fingerprint density at radius 3 is 2.45 bits per heavy atom. The number of hydrogen-bond donors (Lipinski definition) is 2. The van der Waals surface area contributed by atoms with Crippen LogP contribution in [0.5, 0.6) is 0 Å². The average Bonchev–Trinajstić information content (AvgIpc) is 3.02. The molecule has 0 aliphatic rings. The first kappa shape index (κ1) is 20.9. The molecule has 0 aliphatic heterocycles. The van der Waals surface area contributed by atoms with Crippen LogP contribution in [0.15, 0.2) is 41.2 Å². The number of benzene rings is 2. The zero-order chi connectivity index (χ0) is 21.3. The molecule has 0 radical (unpaired) electrons. The molecule has 6 nitrogen and oxygen atoms in total. The molecule has 0 saturated carbocycles. The van der Waals surface area contributed by atoms with Crippen LogP contribution in [0.4, 0.5) is 17.6 Å². The summed E-state index contributed by atoms with van der Waals surface area (Å²) in [6.45, 7) is -0.740. The first-order valence-corrected chi connectivity index (χ1v) is 8.60. The van der Waals surface area contributed by atoms with E-state index in [1.54, 1.807) is 29.6 Å². The zero-order valence-corrected chi connectivity index (χ0v) is 15.7. The van der Waals surface area contributed by atoms with Crippen molar-refractivity contribution in [3.63, 3.8) is 0 Å². The fraction of sp³-hybridized carbons (Fsp3) is 0.118. The number of nitrogens with zero attached hydrogens (tertiary/aromatic N) is 2. The van der Waals surface area contributed by atoms with Gasteiger partial charge in [-0.1, -0.05) is 23.2 Å². The van der Waals surface area contributed by atoms with Crippen LogP contribution in [-0.4, -0.2) is 26.8 Å². The topological polar surface area (TPSA) is 79.8 Å². The van der Waals surface area contributed by atoms with Crippen LogP contribution in [0.25, 0.3) is 17.1 Å². The molecule has 0 saturated heterocycles. The Morgan fingerprint density at radius 2 is 1.83 bits per heavy atom. The number of alkyl halides is 3. The summed E-state index contributed by atoms with van der Waals surface area (Å²) >= 11 is 11.8. The molecule has 2 aromatic carbocycles. The molecule has 1 heterocycles. The normalized spacial score (nSPS) is 11.5. The Labute approximate surface area is 170 Å². The van der Waals surface area contributed by atoms with Gasteiger partial charge in [0, 0.05) is 22.7 Å². The van der Waals surface area contributed by atoms with E-state index < -0.39 is 30.1 Å². The Bertz CT molecular complexity index is 1120. The van der Waals surface area contributed by atoms with Gasteiger partial charge in [-0.2, -0.15) is 17.9 Å². The highest BCUT2D eigenvalue weighted by molar-refractivity contribution is 6.33. The number of nitrogens with one attached hydrogen (secondary N) is 2. The lowest BCUT2D eigenvalue weighted by Gasteiger charge is -2.10. The van der Waals surface area contributed by atoms with Crippen molar-refractivity contribution in [3.05, 3.63) is 68.3 Å². The number of carbonyl (C=O) groups excluding carboxylic acids is 1. The second-order valence-electron chi connectivity index (χ2n) is 5.77. The molecular formula is C17H10Cl2F4N4O2. The van der Waals surface area contributed by atoms with Crippen molar-refractivity contribution in [1.82, 2.24) is 20.1 Å². The second-order valence-corrected chi connectivity index (χ2v) is 6.61. The Morgan fingerprint density at radius 1 is 1.17 bits per heavy atom. The highest BCUT2D eigenvalue weighted by atomic mass is 35.5. The SMILES string of the molecule is O=C(NCc1cc(-c2nn(-c3ccc(Cl)cc3)c(=O)[nH]2)c(Cl)cc1F)C(F)(F)F. The lowest BCUT2D eigenvalue weighted by Crippen LogP contribution is -2.36. The van der Waals surface area contributed by atoms with Crippen molar-refractivity contribution in [2.45, 2.75) is 12.7 Å². The van der Waals surface area contributed by atoms with E-state index in [1.165, 1.54) is 0 Å². The van der Waals surface area contributed by atoms with Crippen molar-refractivity contribution in [3.8, 4) is 17.1 Å². The first-order valence-electron chi connectivity index (χ1n) is 7.85. The Balaban J connectivity index is 1.95. The van der Waals surface area contributed by atoms with E-state index in [0.29, 0.717) is 10.7 Å². The molecule has 152 valence electrons. The van der Waals surface area contributed by atoms with Crippen LogP contribution >= 0.6 is 23.2 Å². The van der Waals surface area contributed by atoms with Gasteiger partial charge in [0.1, 0.15) is 5.82 Å². The minimum absolute atomic E-state index is 0.0432. The molecule has 12 heteroatoms. The third-order valence-electron chi connectivity index (χ3n) is 3.78. The number of hydrogen-bond acceptors (Lipinski definition) is 3. The van der Waals surface area contributed by atoms with Crippen molar-refractivity contribution in [1.29, 1.82) is 0 Å². The van der Waals surface area contributed by atoms with E-state index in [4.69, 9.17) is 23.2 Å². The molecule has 2 N–H and O–H groups in total. The lowest BCUT2D eigenvalue weighted by molar-refractivity contribution is -0.173. The van der Waals surface area contributed by atoms with Gasteiger partial charge in [0.05, 0.1) is 10.7 Å². The van der Waals surface area contributed by atoms with Gasteiger partial charge in [-0.05, 0) is 36.4 Å². The lowest BCUT2D eigenvalue weighted by atomic mass is 10.1. The minimum atomic E-state index is -5.10. The monoisotopic (exact) mass is 448 g/mol. The summed E-state index contributed by atoms with van der Waals surface area (Å²) in [7, 11) is 0. The van der Waals surface area contributed by atoms with Crippen LogP contribution in [0.3, 0.4) is 0 Å². The van der Waals surface area contributed by atoms with E-state index in [0.717, 1.165) is 16.8 Å². The van der Waals surface area contributed by atoms with Gasteiger partial charge < -0.3 is 5.32 Å². The molecule has 0 unspecified atom stereocenters. The molecule has 29 heavy (non-hydrogen) atoms. The summed E-state index contributed by atoms with van der Waals surface area (Å²) in [4.78, 5) is 25.6. The van der Waals surface area contributed by atoms with E-state index in [9.17, 15) is 27.2 Å². The third-order valence-corrected chi connectivity index (χ3v) is 4.34. The van der Waals surface area contributed by atoms with Gasteiger partial charge in [-0.25, -0.2) is 9.18 Å². The summed E-state index contributed by atoms with van der Waals surface area (Å²) in [5, 5.41) is 5.96. The molecule has 0 aliphatic carbocycles. The molecule has 0 spiro atoms. The summed E-state index contributed by atoms with van der Waals surface area (Å²) < 4.78 is 52.0. The molecule has 0 fully saturated rings. The van der Waals surface area contributed by atoms with Crippen molar-refractivity contribution in [2.75, 3.05) is 0 Å². The van der Waals surface area contributed by atoms with E-state index >= 15 is 0 Å². The number of aromatic amines is 1. The number of aromatic nitrogens is 3. The number of carbonyl (C=O) groups is 1. The van der Waals surface area contributed by atoms with Gasteiger partial charge in [0.25, 0.3) is 0 Å². The standard InChI is InChI=1S/C17H10Cl2F4N4O2/c18-9-1-3-10(4-2-9)27-16(29)25-14(26-27)11-5-8(13(20)6-12(11)19)7-24-15(28)17(21,22)23/h1-6H,7H2,(H,24,28)(H,25,26,29). The summed E-state index contributed by atoms with van der Waals surface area (Å²) in [6, 6.07) is 8.12. The number of amides is 1. The smallest absolute Gasteiger partial charge is 0.344 e. The molecule has 1 aromatic heterocycles. The molecule has 3 rings (SSSR count). The molecule has 1 amide bonds. The van der Waals surface area contributed by atoms with Crippen LogP contribution in [0.1, 0.15) is 5.56 Å². The minimum Gasteiger partial charge on any atom is -0.344 e. The molecule has 0 bridgehead atoms. The molecular weight excluding hydrogens is 439 g/mol. The van der Waals surface area contributed by atoms with E-state index in [2.05, 4.69) is 10.1 Å². The second kappa shape index (κ2) is 7.88. The highest BCUT2D eigenvalue weighted by Crippen LogP contribution is 2.28. The van der Waals surface area contributed by atoms with Crippen LogP contribution in [0.2, 0.25) is 10.0 Å². The van der Waals surface area contributed by atoms with Crippen molar-refractivity contribution in [2.24, 2.45) is 0 Å². The van der Waals surface area contributed by atoms with Gasteiger partial charge in [0.2, 0.25) is 0 Å². The van der Waals surface area contributed by atoms with E-state index in [1.807, 2.05) is 0 Å². The third kappa shape index (κ3) is 4.60. The van der Waals surface area contributed by atoms with Crippen LogP contribution < -0.4 is 11.0 Å². The van der Waals surface area contributed by atoms with Crippen molar-refractivity contribution < 1.29 is 22.4 Å². The maximum atomic E-state index is 14.1. The maximum absolute atomic E-state index is 14.1. The van der Waals surface area contributed by atoms with Crippen molar-refractivity contribution >= 4 is 29.1 Å². The predicted molar refractivity (Wildman–Crippen MR) is 97.5 cm³/mol. The van der Waals surface area contributed by atoms with Crippen LogP contribution in [0, 0.1) is 5.82 Å². The molecule has 0 atom stereocenters. The Hall–Kier alpha value is -2.85. The quantitative estimate of drug-likeness (QED) is 0.594. The number of halogens is 6. The van der Waals surface area contributed by atoms with Gasteiger partial charge >= 0.3 is 17.8 Å². The average molecular weight is 449 g/mol. The summed E-state index contributed by atoms with van der Waals surface area (Å²) in [6.07, 6.45) is -5.10. The fourth-order valence-electron chi connectivity index (χ4n) is 2.39. The molecule has 3 aromatic rings. The largest absolute Gasteiger partial charge is 0.471 e. The van der Waals surface area contributed by atoms with Crippen LogP contribution in [-0.2, 0) is 11.3 Å².